The van der Waals surface area contributed by atoms with Gasteiger partial charge in [-0.1, -0.05) is 29.4 Å². The van der Waals surface area contributed by atoms with Crippen molar-refractivity contribution in [1.29, 1.82) is 0 Å². The molecule has 0 bridgehead atoms. The average Bonchev–Trinajstić information content (AvgIpc) is 3.29. The molecule has 1 unspecified atom stereocenters. The molecular formula is C19H14F2N4O3. The maximum absolute atomic E-state index is 13.7. The molecule has 2 amide bonds. The number of para-hydroxylation sites is 1. The molecular weight excluding hydrogens is 370 g/mol. The van der Waals surface area contributed by atoms with Crippen LogP contribution in [0.3, 0.4) is 0 Å². The third kappa shape index (κ3) is 3.34. The number of benzene rings is 2. The first kappa shape index (κ1) is 17.8. The Bertz CT molecular complexity index is 1020. The summed E-state index contributed by atoms with van der Waals surface area (Å²) in [6.45, 7) is 0.348. The van der Waals surface area contributed by atoms with Crippen molar-refractivity contribution in [3.05, 3.63) is 71.6 Å². The van der Waals surface area contributed by atoms with Gasteiger partial charge in [-0.05, 0) is 24.3 Å². The molecule has 1 aromatic heterocycles. The van der Waals surface area contributed by atoms with Crippen LogP contribution in [0.4, 0.5) is 20.5 Å². The number of hydrogen-bond donors (Lipinski definition) is 1. The minimum atomic E-state index is -1.04. The Morgan fingerprint density at radius 3 is 2.50 bits per heavy atom. The van der Waals surface area contributed by atoms with E-state index >= 15 is 0 Å². The molecule has 28 heavy (non-hydrogen) atoms. The maximum Gasteiger partial charge on any atom is 0.322 e. The van der Waals surface area contributed by atoms with Gasteiger partial charge in [0, 0.05) is 18.7 Å². The number of carbonyl (C=O) groups excluding carboxylic acids is 2. The van der Waals surface area contributed by atoms with E-state index in [4.69, 9.17) is 4.42 Å². The van der Waals surface area contributed by atoms with E-state index in [9.17, 15) is 18.4 Å². The molecule has 1 fully saturated rings. The molecule has 1 saturated heterocycles. The van der Waals surface area contributed by atoms with E-state index in [0.29, 0.717) is 6.54 Å². The van der Waals surface area contributed by atoms with E-state index in [1.807, 2.05) is 30.3 Å². The van der Waals surface area contributed by atoms with Crippen molar-refractivity contribution >= 4 is 23.5 Å². The van der Waals surface area contributed by atoms with Crippen molar-refractivity contribution < 1.29 is 22.8 Å². The topological polar surface area (TPSA) is 88.3 Å². The number of halogens is 2. The van der Waals surface area contributed by atoms with E-state index in [1.54, 1.807) is 4.90 Å². The molecule has 1 N–H and O–H groups in total. The lowest BCUT2D eigenvalue weighted by Gasteiger charge is -2.15. The molecule has 0 aliphatic carbocycles. The van der Waals surface area contributed by atoms with Crippen LogP contribution in [0.1, 0.15) is 28.6 Å². The van der Waals surface area contributed by atoms with E-state index in [-0.39, 0.29) is 30.2 Å². The highest BCUT2D eigenvalue weighted by molar-refractivity contribution is 6.03. The van der Waals surface area contributed by atoms with Crippen molar-refractivity contribution in [1.82, 2.24) is 10.2 Å². The standard InChI is InChI=1S/C19H14F2N4O3/c20-13-7-4-8-14(21)16(13)17(27)22-19-24-23-18(28-19)11-9-15(26)25(10-11)12-5-2-1-3-6-12/h1-8,11H,9-10H2,(H,22,24,27). The van der Waals surface area contributed by atoms with Gasteiger partial charge in [0.15, 0.2) is 0 Å². The minimum Gasteiger partial charge on any atom is -0.407 e. The largest absolute Gasteiger partial charge is 0.407 e. The monoisotopic (exact) mass is 384 g/mol. The zero-order valence-electron chi connectivity index (χ0n) is 14.4. The number of nitrogens with zero attached hydrogens (tertiary/aromatic N) is 3. The Labute approximate surface area is 158 Å². The highest BCUT2D eigenvalue weighted by atomic mass is 19.1. The molecule has 3 aromatic rings. The molecule has 1 atom stereocenters. The third-order valence-electron chi connectivity index (χ3n) is 4.39. The molecule has 0 saturated carbocycles. The molecule has 9 heteroatoms. The Hall–Kier alpha value is -3.62. The molecule has 7 nitrogen and oxygen atoms in total. The lowest BCUT2D eigenvalue weighted by atomic mass is 10.1. The smallest absolute Gasteiger partial charge is 0.322 e. The number of carbonyl (C=O) groups is 2. The highest BCUT2D eigenvalue weighted by Crippen LogP contribution is 2.31. The Morgan fingerprint density at radius 1 is 1.07 bits per heavy atom. The lowest BCUT2D eigenvalue weighted by Crippen LogP contribution is -2.24. The van der Waals surface area contributed by atoms with E-state index < -0.39 is 23.1 Å². The second kappa shape index (κ2) is 7.18. The van der Waals surface area contributed by atoms with Crippen LogP contribution in [-0.4, -0.2) is 28.6 Å². The van der Waals surface area contributed by atoms with Crippen LogP contribution >= 0.6 is 0 Å². The summed E-state index contributed by atoms with van der Waals surface area (Å²) in [7, 11) is 0. The van der Waals surface area contributed by atoms with Gasteiger partial charge in [0.1, 0.15) is 17.2 Å². The summed E-state index contributed by atoms with van der Waals surface area (Å²) in [4.78, 5) is 26.0. The number of rotatable bonds is 4. The summed E-state index contributed by atoms with van der Waals surface area (Å²) >= 11 is 0. The van der Waals surface area contributed by atoms with Crippen molar-refractivity contribution in [3.8, 4) is 0 Å². The first-order valence-electron chi connectivity index (χ1n) is 8.47. The Kier molecular flexibility index (Phi) is 4.56. The normalized spacial score (nSPS) is 16.4. The highest BCUT2D eigenvalue weighted by Gasteiger charge is 2.35. The number of amides is 2. The second-order valence-corrected chi connectivity index (χ2v) is 6.24. The first-order valence-corrected chi connectivity index (χ1v) is 8.47. The molecule has 1 aliphatic heterocycles. The van der Waals surface area contributed by atoms with Crippen LogP contribution in [0.5, 0.6) is 0 Å². The van der Waals surface area contributed by atoms with Gasteiger partial charge in [-0.25, -0.2) is 8.78 Å². The van der Waals surface area contributed by atoms with Gasteiger partial charge in [0.2, 0.25) is 11.8 Å². The third-order valence-corrected chi connectivity index (χ3v) is 4.39. The molecule has 4 rings (SSSR count). The summed E-state index contributed by atoms with van der Waals surface area (Å²) < 4.78 is 32.8. The first-order chi connectivity index (χ1) is 13.5. The van der Waals surface area contributed by atoms with Gasteiger partial charge in [-0.2, -0.15) is 0 Å². The van der Waals surface area contributed by atoms with Gasteiger partial charge < -0.3 is 9.32 Å². The maximum atomic E-state index is 13.7. The van der Waals surface area contributed by atoms with Gasteiger partial charge in [-0.15, -0.1) is 5.10 Å². The average molecular weight is 384 g/mol. The summed E-state index contributed by atoms with van der Waals surface area (Å²) in [6.07, 6.45) is 0.173. The summed E-state index contributed by atoms with van der Waals surface area (Å²) in [5.74, 6) is -3.32. The zero-order valence-corrected chi connectivity index (χ0v) is 14.4. The molecule has 142 valence electrons. The SMILES string of the molecule is O=C(Nc1nnc(C2CC(=O)N(c3ccccc3)C2)o1)c1c(F)cccc1F. The predicted octanol–water partition coefficient (Wildman–Crippen LogP) is 3.12. The van der Waals surface area contributed by atoms with E-state index in [0.717, 1.165) is 23.9 Å². The van der Waals surface area contributed by atoms with Crippen LogP contribution in [0.15, 0.2) is 52.9 Å². The van der Waals surface area contributed by atoms with Crippen molar-refractivity contribution in [2.75, 3.05) is 16.8 Å². The van der Waals surface area contributed by atoms with Crippen molar-refractivity contribution in [2.45, 2.75) is 12.3 Å². The fourth-order valence-electron chi connectivity index (χ4n) is 3.05. The molecule has 0 radical (unpaired) electrons. The quantitative estimate of drug-likeness (QED) is 0.747. The number of aromatic nitrogens is 2. The fourth-order valence-corrected chi connectivity index (χ4v) is 3.05. The fraction of sp³-hybridized carbons (Fsp3) is 0.158. The minimum absolute atomic E-state index is 0.0894. The summed E-state index contributed by atoms with van der Waals surface area (Å²) in [5.41, 5.74) is 0.0200. The molecule has 1 aliphatic rings. The molecule has 2 heterocycles. The summed E-state index contributed by atoms with van der Waals surface area (Å²) in [5, 5.41) is 9.72. The Morgan fingerprint density at radius 2 is 1.79 bits per heavy atom. The van der Waals surface area contributed by atoms with E-state index in [2.05, 4.69) is 15.5 Å². The van der Waals surface area contributed by atoms with Crippen LogP contribution < -0.4 is 10.2 Å². The van der Waals surface area contributed by atoms with Crippen LogP contribution in [0.25, 0.3) is 0 Å². The van der Waals surface area contributed by atoms with Gasteiger partial charge in [0.25, 0.3) is 5.91 Å². The van der Waals surface area contributed by atoms with Crippen LogP contribution in [-0.2, 0) is 4.79 Å². The number of nitrogens with one attached hydrogen (secondary N) is 1. The van der Waals surface area contributed by atoms with Gasteiger partial charge in [-0.3, -0.25) is 14.9 Å². The lowest BCUT2D eigenvalue weighted by molar-refractivity contribution is -0.117. The van der Waals surface area contributed by atoms with Crippen LogP contribution in [0, 0.1) is 11.6 Å². The second-order valence-electron chi connectivity index (χ2n) is 6.24. The van der Waals surface area contributed by atoms with E-state index in [1.165, 1.54) is 0 Å². The zero-order chi connectivity index (χ0) is 19.7. The molecule has 0 spiro atoms. The predicted molar refractivity (Wildman–Crippen MR) is 94.8 cm³/mol. The van der Waals surface area contributed by atoms with Gasteiger partial charge in [0.05, 0.1) is 5.92 Å². The number of anilines is 2. The van der Waals surface area contributed by atoms with Crippen molar-refractivity contribution in [2.24, 2.45) is 0 Å². The van der Waals surface area contributed by atoms with Crippen LogP contribution in [0.2, 0.25) is 0 Å². The Balaban J connectivity index is 1.48. The molecule has 2 aromatic carbocycles. The number of hydrogen-bond acceptors (Lipinski definition) is 5. The van der Waals surface area contributed by atoms with Gasteiger partial charge >= 0.3 is 6.01 Å². The summed E-state index contributed by atoms with van der Waals surface area (Å²) in [6, 6.07) is 12.0. The van der Waals surface area contributed by atoms with Crippen molar-refractivity contribution in [3.63, 3.8) is 0 Å².